The summed E-state index contributed by atoms with van der Waals surface area (Å²) in [6.07, 6.45) is 6.20. The molecule has 0 aliphatic carbocycles. The molecule has 0 atom stereocenters. The minimum Gasteiger partial charge on any atom is -0.0874 e. The van der Waals surface area contributed by atoms with Gasteiger partial charge in [-0.15, -0.1) is 0 Å². The number of allylic oxidation sites excluding steroid dienone is 4. The van der Waals surface area contributed by atoms with Crippen LogP contribution in [0.5, 0.6) is 0 Å². The van der Waals surface area contributed by atoms with E-state index in [-0.39, 0.29) is 0 Å². The van der Waals surface area contributed by atoms with Crippen molar-refractivity contribution in [2.24, 2.45) is 0 Å². The third kappa shape index (κ3) is 140. The lowest BCUT2D eigenvalue weighted by Gasteiger charge is -1.81. The summed E-state index contributed by atoms with van der Waals surface area (Å²) in [7, 11) is 0. The molecule has 0 saturated carbocycles. The van der Waals surface area contributed by atoms with E-state index in [0.29, 0.717) is 0 Å². The molecule has 0 aromatic heterocycles. The molecule has 0 N–H and O–H groups in total. The van der Waals surface area contributed by atoms with E-state index >= 15 is 0 Å². The monoisotopic (exact) mass is 246 g/mol. The van der Waals surface area contributed by atoms with Gasteiger partial charge >= 0.3 is 0 Å². The Morgan fingerprint density at radius 2 is 0.824 bits per heavy atom. The van der Waals surface area contributed by atoms with Gasteiger partial charge in [-0.1, -0.05) is 93.0 Å². The van der Waals surface area contributed by atoms with Gasteiger partial charge in [0, 0.05) is 0 Å². The number of rotatable bonds is 1. The van der Waals surface area contributed by atoms with E-state index in [4.69, 9.17) is 0 Å². The van der Waals surface area contributed by atoms with Crippen molar-refractivity contribution >= 4 is 0 Å². The highest BCUT2D eigenvalue weighted by Crippen LogP contribution is 1.91. The van der Waals surface area contributed by atoms with Crippen molar-refractivity contribution in [3.63, 3.8) is 0 Å². The highest BCUT2D eigenvalue weighted by Gasteiger charge is 1.69. The Balaban J connectivity index is -0.0000000257. The van der Waals surface area contributed by atoms with Gasteiger partial charge in [0.2, 0.25) is 0 Å². The molecule has 0 spiro atoms. The molecule has 17 heavy (non-hydrogen) atoms. The Bertz CT molecular complexity index is 86.2. The number of hydrogen-bond acceptors (Lipinski definition) is 0. The molecular formula is C17H42. The van der Waals surface area contributed by atoms with Crippen LogP contribution in [-0.4, -0.2) is 0 Å². The Morgan fingerprint density at radius 1 is 0.588 bits per heavy atom. The molecule has 110 valence electrons. The fourth-order valence-corrected chi connectivity index (χ4v) is 0.359. The van der Waals surface area contributed by atoms with Crippen molar-refractivity contribution in [3.8, 4) is 0 Å². The van der Waals surface area contributed by atoms with Gasteiger partial charge in [-0.05, 0) is 20.8 Å². The summed E-state index contributed by atoms with van der Waals surface area (Å²) < 4.78 is 0. The molecule has 0 aliphatic rings. The Hall–Kier alpha value is -0.520. The Kier molecular flexibility index (Phi) is 229. The van der Waals surface area contributed by atoms with Crippen molar-refractivity contribution in [1.82, 2.24) is 0 Å². The maximum absolute atomic E-state index is 2.08. The fourth-order valence-electron chi connectivity index (χ4n) is 0.359. The molecule has 0 fully saturated rings. The summed E-state index contributed by atoms with van der Waals surface area (Å²) in [5.41, 5.74) is 1.32. The SMILES string of the molecule is C/C=C\C(C)=C/C.CC.CC.CC.CC.CC. The second kappa shape index (κ2) is 108. The minimum absolute atomic E-state index is 1.32. The first kappa shape index (κ1) is 36.0. The van der Waals surface area contributed by atoms with Crippen LogP contribution >= 0.6 is 0 Å². The molecule has 0 nitrogen and oxygen atoms in total. The molecule has 0 aromatic carbocycles. The smallest absolute Gasteiger partial charge is 0.0401 e. The first-order valence-corrected chi connectivity index (χ1v) is 7.57. The molecule has 0 rings (SSSR count). The third-order valence-corrected chi connectivity index (χ3v) is 0.885. The first-order chi connectivity index (χ1) is 8.31. The topological polar surface area (TPSA) is 0 Å². The van der Waals surface area contributed by atoms with Crippen LogP contribution in [0.2, 0.25) is 0 Å². The normalized spacial score (nSPS) is 7.24. The predicted molar refractivity (Wildman–Crippen MR) is 91.0 cm³/mol. The van der Waals surface area contributed by atoms with Crippen LogP contribution in [0.15, 0.2) is 23.8 Å². The zero-order valence-electron chi connectivity index (χ0n) is 15.2. The summed E-state index contributed by atoms with van der Waals surface area (Å²) in [6.45, 7) is 26.1. The average molecular weight is 247 g/mol. The van der Waals surface area contributed by atoms with Gasteiger partial charge in [-0.2, -0.15) is 0 Å². The van der Waals surface area contributed by atoms with E-state index in [1.807, 2.05) is 89.2 Å². The second-order valence-electron chi connectivity index (χ2n) is 1.53. The highest BCUT2D eigenvalue weighted by atomic mass is 13.8. The molecule has 0 aliphatic heterocycles. The maximum atomic E-state index is 2.08. The molecule has 0 amide bonds. The highest BCUT2D eigenvalue weighted by molar-refractivity contribution is 5.13. The van der Waals surface area contributed by atoms with Crippen LogP contribution in [-0.2, 0) is 0 Å². The summed E-state index contributed by atoms with van der Waals surface area (Å²) in [4.78, 5) is 0. The van der Waals surface area contributed by atoms with Gasteiger partial charge in [-0.3, -0.25) is 0 Å². The van der Waals surface area contributed by atoms with Crippen LogP contribution in [0.1, 0.15) is 90.0 Å². The molecule has 0 bridgehead atoms. The van der Waals surface area contributed by atoms with Crippen LogP contribution < -0.4 is 0 Å². The van der Waals surface area contributed by atoms with Crippen LogP contribution in [0.25, 0.3) is 0 Å². The standard InChI is InChI=1S/C7H12.5C2H6/c1-4-6-7(3)5-2;5*1-2/h4-6H,1-3H3;5*1-2H3/b6-4-,7-5-;;;;;. The van der Waals surface area contributed by atoms with E-state index in [0.717, 1.165) is 0 Å². The molecule has 0 heterocycles. The van der Waals surface area contributed by atoms with Crippen molar-refractivity contribution in [2.75, 3.05) is 0 Å². The zero-order valence-corrected chi connectivity index (χ0v) is 15.2. The first-order valence-electron chi connectivity index (χ1n) is 7.57. The molecule has 0 radical (unpaired) electrons. The summed E-state index contributed by atoms with van der Waals surface area (Å²) >= 11 is 0. The van der Waals surface area contributed by atoms with Crippen molar-refractivity contribution < 1.29 is 0 Å². The van der Waals surface area contributed by atoms with Gasteiger partial charge in [0.1, 0.15) is 0 Å². The van der Waals surface area contributed by atoms with Crippen LogP contribution in [0.4, 0.5) is 0 Å². The van der Waals surface area contributed by atoms with Crippen molar-refractivity contribution in [2.45, 2.75) is 90.0 Å². The maximum Gasteiger partial charge on any atom is -0.0401 e. The summed E-state index contributed by atoms with van der Waals surface area (Å²) in [5.74, 6) is 0. The largest absolute Gasteiger partial charge is 0.0874 e. The third-order valence-electron chi connectivity index (χ3n) is 0.885. The molecule has 0 heteroatoms. The quantitative estimate of drug-likeness (QED) is 0.417. The van der Waals surface area contributed by atoms with E-state index in [9.17, 15) is 0 Å². The second-order valence-corrected chi connectivity index (χ2v) is 1.53. The summed E-state index contributed by atoms with van der Waals surface area (Å²) in [5, 5.41) is 0. The average Bonchev–Trinajstić information content (AvgIpc) is 2.49. The fraction of sp³-hybridized carbons (Fsp3) is 0.765. The van der Waals surface area contributed by atoms with Gasteiger partial charge in [0.15, 0.2) is 0 Å². The van der Waals surface area contributed by atoms with E-state index in [2.05, 4.69) is 19.1 Å². The van der Waals surface area contributed by atoms with Crippen LogP contribution in [0.3, 0.4) is 0 Å². The lowest BCUT2D eigenvalue weighted by Crippen LogP contribution is -1.60. The van der Waals surface area contributed by atoms with Crippen molar-refractivity contribution in [3.05, 3.63) is 23.8 Å². The van der Waals surface area contributed by atoms with Crippen LogP contribution in [0, 0.1) is 0 Å². The van der Waals surface area contributed by atoms with Gasteiger partial charge in [-0.25, -0.2) is 0 Å². The molecule has 0 unspecified atom stereocenters. The Morgan fingerprint density at radius 3 is 0.882 bits per heavy atom. The van der Waals surface area contributed by atoms with E-state index in [1.54, 1.807) is 0 Å². The predicted octanol–water partition coefficient (Wildman–Crippen LogP) is 7.66. The number of hydrogen-bond donors (Lipinski definition) is 0. The lowest BCUT2D eigenvalue weighted by molar-refractivity contribution is 1.46. The molecular weight excluding hydrogens is 204 g/mol. The van der Waals surface area contributed by atoms with E-state index in [1.165, 1.54) is 5.57 Å². The van der Waals surface area contributed by atoms with Crippen molar-refractivity contribution in [1.29, 1.82) is 0 Å². The van der Waals surface area contributed by atoms with Gasteiger partial charge in [0.05, 0.1) is 0 Å². The minimum atomic E-state index is 1.32. The molecule has 0 saturated heterocycles. The van der Waals surface area contributed by atoms with E-state index < -0.39 is 0 Å². The zero-order chi connectivity index (χ0) is 15.7. The lowest BCUT2D eigenvalue weighted by atomic mass is 10.3. The van der Waals surface area contributed by atoms with Gasteiger partial charge < -0.3 is 0 Å². The molecule has 0 aromatic rings. The van der Waals surface area contributed by atoms with Gasteiger partial charge in [0.25, 0.3) is 0 Å². The Labute approximate surface area is 114 Å². The summed E-state index contributed by atoms with van der Waals surface area (Å²) in [6, 6.07) is 0.